The molecular formula is C20H25KO5S. The van der Waals surface area contributed by atoms with Gasteiger partial charge in [0.1, 0.15) is 11.5 Å². The number of hydrogen-bond donors (Lipinski definition) is 1. The van der Waals surface area contributed by atoms with Crippen molar-refractivity contribution in [2.75, 3.05) is 0 Å². The van der Waals surface area contributed by atoms with Gasteiger partial charge in [-0.1, -0.05) is 62.5 Å². The minimum absolute atomic E-state index is 0. The molecule has 1 N–H and O–H groups in total. The predicted octanol–water partition coefficient (Wildman–Crippen LogP) is 1.71. The van der Waals surface area contributed by atoms with Crippen molar-refractivity contribution in [3.05, 3.63) is 48.0 Å². The van der Waals surface area contributed by atoms with Gasteiger partial charge in [0.05, 0.1) is 4.90 Å². The molecule has 0 aliphatic carbocycles. The number of rotatable bonds is 10. The van der Waals surface area contributed by atoms with Gasteiger partial charge in [0, 0.05) is 0 Å². The number of ether oxygens (including phenoxy) is 1. The first-order valence-electron chi connectivity index (χ1n) is 8.96. The maximum absolute atomic E-state index is 12.5. The van der Waals surface area contributed by atoms with Crippen LogP contribution in [-0.2, 0) is 16.5 Å². The van der Waals surface area contributed by atoms with E-state index in [1.807, 2.05) is 6.07 Å². The molecule has 2 rings (SSSR count). The van der Waals surface area contributed by atoms with E-state index in [-0.39, 0.29) is 67.8 Å². The van der Waals surface area contributed by atoms with E-state index in [1.54, 1.807) is 12.1 Å². The zero-order chi connectivity index (χ0) is 19.0. The fourth-order valence-corrected chi connectivity index (χ4v) is 3.22. The van der Waals surface area contributed by atoms with Gasteiger partial charge in [0.25, 0.3) is 10.1 Å². The second-order valence-electron chi connectivity index (χ2n) is 6.31. The summed E-state index contributed by atoms with van der Waals surface area (Å²) in [6.45, 7) is 2.19. The van der Waals surface area contributed by atoms with Crippen LogP contribution >= 0.6 is 0 Å². The fraction of sp³-hybridized carbons (Fsp3) is 0.400. The molecule has 27 heavy (non-hydrogen) atoms. The fourth-order valence-electron chi connectivity index (χ4n) is 2.74. The second kappa shape index (κ2) is 12.2. The molecule has 5 nitrogen and oxygen atoms in total. The number of hydrogen-bond acceptors (Lipinski definition) is 4. The van der Waals surface area contributed by atoms with Crippen molar-refractivity contribution in [1.82, 2.24) is 0 Å². The van der Waals surface area contributed by atoms with Crippen LogP contribution in [0.25, 0.3) is 0 Å². The molecule has 0 atom stereocenters. The quantitative estimate of drug-likeness (QED) is 0.362. The van der Waals surface area contributed by atoms with Crippen molar-refractivity contribution in [2.24, 2.45) is 0 Å². The Labute approximate surface area is 204 Å². The van der Waals surface area contributed by atoms with Gasteiger partial charge in [-0.25, -0.2) is 0 Å². The van der Waals surface area contributed by atoms with E-state index < -0.39 is 10.1 Å². The summed E-state index contributed by atoms with van der Waals surface area (Å²) in [5.74, 6) is 0.416. The average molecular weight is 417 g/mol. The molecule has 0 aliphatic rings. The summed E-state index contributed by atoms with van der Waals surface area (Å²) in [7, 11) is -4.24. The van der Waals surface area contributed by atoms with Crippen LogP contribution in [0.15, 0.2) is 47.4 Å². The molecule has 0 heterocycles. The minimum Gasteiger partial charge on any atom is -0.870 e. The summed E-state index contributed by atoms with van der Waals surface area (Å²) in [4.78, 5) is -0.218. The molecule has 0 saturated carbocycles. The molecule has 0 spiro atoms. The second-order valence-corrected chi connectivity index (χ2v) is 7.73. The van der Waals surface area contributed by atoms with Crippen LogP contribution in [0, 0.1) is 0 Å². The van der Waals surface area contributed by atoms with Crippen molar-refractivity contribution in [3.63, 3.8) is 0 Å². The first-order chi connectivity index (χ1) is 12.4. The van der Waals surface area contributed by atoms with Crippen molar-refractivity contribution in [3.8, 4) is 17.2 Å². The Morgan fingerprint density at radius 3 is 2.22 bits per heavy atom. The molecule has 0 radical (unpaired) electrons. The summed E-state index contributed by atoms with van der Waals surface area (Å²) >= 11 is 0. The minimum atomic E-state index is -4.24. The Morgan fingerprint density at radius 1 is 0.963 bits per heavy atom. The van der Waals surface area contributed by atoms with Crippen LogP contribution in [-0.4, -0.2) is 13.0 Å². The molecule has 0 bridgehead atoms. The van der Waals surface area contributed by atoms with Crippen LogP contribution in [0.3, 0.4) is 0 Å². The normalized spacial score (nSPS) is 11.0. The van der Waals surface area contributed by atoms with Crippen molar-refractivity contribution >= 4 is 10.1 Å². The first-order valence-corrected chi connectivity index (χ1v) is 10.4. The molecule has 0 amide bonds. The van der Waals surface area contributed by atoms with Gasteiger partial charge in [-0.05, 0) is 43.2 Å². The predicted molar refractivity (Wildman–Crippen MR) is 99.3 cm³/mol. The maximum Gasteiger partial charge on any atom is 1.00 e. The Hall–Kier alpha value is -0.414. The molecule has 0 fully saturated rings. The van der Waals surface area contributed by atoms with Gasteiger partial charge in [-0.15, -0.1) is 0 Å². The third-order valence-electron chi connectivity index (χ3n) is 4.21. The van der Waals surface area contributed by atoms with Crippen LogP contribution in [0.4, 0.5) is 0 Å². The summed E-state index contributed by atoms with van der Waals surface area (Å²) in [5.41, 5.74) is 0.729. The third-order valence-corrected chi connectivity index (χ3v) is 5.08. The molecule has 7 heteroatoms. The van der Waals surface area contributed by atoms with E-state index in [1.165, 1.54) is 49.9 Å². The Morgan fingerprint density at radius 2 is 1.59 bits per heavy atom. The van der Waals surface area contributed by atoms with Crippen molar-refractivity contribution in [1.29, 1.82) is 0 Å². The van der Waals surface area contributed by atoms with Crippen LogP contribution < -0.4 is 61.2 Å². The van der Waals surface area contributed by atoms with Gasteiger partial charge >= 0.3 is 51.4 Å². The van der Waals surface area contributed by atoms with Crippen LogP contribution in [0.1, 0.15) is 51.0 Å². The third kappa shape index (κ3) is 8.23. The molecule has 0 aliphatic heterocycles. The zero-order valence-electron chi connectivity index (χ0n) is 16.0. The Kier molecular flexibility index (Phi) is 11.1. The van der Waals surface area contributed by atoms with Gasteiger partial charge in [-0.2, -0.15) is 8.42 Å². The number of aryl methyl sites for hydroxylation is 1. The molecular weight excluding hydrogens is 391 g/mol. The number of benzene rings is 2. The maximum atomic E-state index is 12.5. The molecule has 142 valence electrons. The van der Waals surface area contributed by atoms with Crippen molar-refractivity contribution < 1.29 is 74.2 Å². The SMILES string of the molecule is CCCCCCCCc1cccc(Oc2ccc(S(=O)(=O)O)cc2)c1[O-].[K+]. The molecule has 2 aromatic rings. The van der Waals surface area contributed by atoms with Crippen LogP contribution in [0.5, 0.6) is 17.2 Å². The smallest absolute Gasteiger partial charge is 0.870 e. The van der Waals surface area contributed by atoms with Crippen LogP contribution in [0.2, 0.25) is 0 Å². The molecule has 0 aromatic heterocycles. The van der Waals surface area contributed by atoms with E-state index in [0.717, 1.165) is 24.8 Å². The molecule has 2 aromatic carbocycles. The van der Waals surface area contributed by atoms with Gasteiger partial charge in [0.15, 0.2) is 0 Å². The Bertz CT molecular complexity index is 804. The van der Waals surface area contributed by atoms with E-state index in [0.29, 0.717) is 5.75 Å². The summed E-state index contributed by atoms with van der Waals surface area (Å²) in [6.07, 6.45) is 7.72. The topological polar surface area (TPSA) is 86.7 Å². The average Bonchev–Trinajstić information content (AvgIpc) is 2.60. The van der Waals surface area contributed by atoms with E-state index >= 15 is 0 Å². The Balaban J connectivity index is 0.00000364. The van der Waals surface area contributed by atoms with E-state index in [9.17, 15) is 13.5 Å². The summed E-state index contributed by atoms with van der Waals surface area (Å²) in [6, 6.07) is 10.5. The van der Waals surface area contributed by atoms with Gasteiger partial charge in [0.2, 0.25) is 0 Å². The summed E-state index contributed by atoms with van der Waals surface area (Å²) in [5, 5.41) is 12.5. The monoisotopic (exact) mass is 416 g/mol. The van der Waals surface area contributed by atoms with E-state index in [4.69, 9.17) is 9.29 Å². The van der Waals surface area contributed by atoms with Crippen molar-refractivity contribution in [2.45, 2.75) is 56.8 Å². The molecule has 0 unspecified atom stereocenters. The van der Waals surface area contributed by atoms with Gasteiger partial charge < -0.3 is 9.84 Å². The van der Waals surface area contributed by atoms with Gasteiger partial charge in [-0.3, -0.25) is 4.55 Å². The number of unbranched alkanes of at least 4 members (excludes halogenated alkanes) is 5. The number of para-hydroxylation sites is 1. The largest absolute Gasteiger partial charge is 1.00 e. The first kappa shape index (κ1) is 24.6. The molecule has 0 saturated heterocycles. The van der Waals surface area contributed by atoms with E-state index in [2.05, 4.69) is 6.92 Å². The summed E-state index contributed by atoms with van der Waals surface area (Å²) < 4.78 is 36.7. The zero-order valence-corrected chi connectivity index (χ0v) is 19.9. The standard InChI is InChI=1S/C20H26O5S.K/c1-2-3-4-5-6-7-9-16-10-8-11-19(20(16)21)25-17-12-14-18(15-13-17)26(22,23)24;/h8,10-15,21H,2-7,9H2,1H3,(H,22,23,24);/q;+1/p-1.